The average molecular weight is 279 g/mol. The molecule has 0 unspecified atom stereocenters. The fraction of sp³-hybridized carbons (Fsp3) is 0.0833. The third kappa shape index (κ3) is 3.00. The van der Waals surface area contributed by atoms with E-state index in [1.807, 2.05) is 0 Å². The number of nitrogen functional groups attached to an aromatic ring is 1. The molecule has 0 amide bonds. The topological polar surface area (TPSA) is 78.1 Å². The molecule has 0 saturated carbocycles. The van der Waals surface area contributed by atoms with Gasteiger partial charge in [-0.2, -0.15) is 0 Å². The Bertz CT molecular complexity index is 607. The van der Waals surface area contributed by atoms with Crippen molar-refractivity contribution >= 4 is 23.4 Å². The van der Waals surface area contributed by atoms with Gasteiger partial charge in [-0.05, 0) is 18.2 Å². The Morgan fingerprint density at radius 3 is 2.89 bits per heavy atom. The van der Waals surface area contributed by atoms with E-state index in [1.54, 1.807) is 12.3 Å². The number of rotatable bonds is 3. The summed E-state index contributed by atoms with van der Waals surface area (Å²) >= 11 is 1.08. The van der Waals surface area contributed by atoms with Crippen LogP contribution >= 0.6 is 11.8 Å². The minimum absolute atomic E-state index is 0.0383. The Hall–Kier alpha value is -2.15. The van der Waals surface area contributed by atoms with Gasteiger partial charge in [0.25, 0.3) is 0 Å². The summed E-state index contributed by atoms with van der Waals surface area (Å²) in [5.41, 5.74) is 5.75. The number of ether oxygens (including phenoxy) is 1. The summed E-state index contributed by atoms with van der Waals surface area (Å²) in [6, 6.07) is 4.08. The smallest absolute Gasteiger partial charge is 0.339 e. The molecule has 7 heteroatoms. The largest absolute Gasteiger partial charge is 0.465 e. The van der Waals surface area contributed by atoms with Gasteiger partial charge in [0.2, 0.25) is 0 Å². The number of nitrogens with two attached hydrogens (primary N) is 1. The van der Waals surface area contributed by atoms with Crippen molar-refractivity contribution in [2.45, 2.75) is 9.92 Å². The Morgan fingerprint density at radius 2 is 2.26 bits per heavy atom. The van der Waals surface area contributed by atoms with Crippen molar-refractivity contribution in [2.24, 2.45) is 0 Å². The maximum atomic E-state index is 13.8. The minimum Gasteiger partial charge on any atom is -0.465 e. The highest BCUT2D eigenvalue weighted by atomic mass is 32.2. The summed E-state index contributed by atoms with van der Waals surface area (Å²) in [7, 11) is 1.24. The van der Waals surface area contributed by atoms with E-state index in [0.717, 1.165) is 17.8 Å². The number of carbonyl (C=O) groups is 1. The van der Waals surface area contributed by atoms with E-state index >= 15 is 0 Å². The molecule has 0 saturated heterocycles. The highest BCUT2D eigenvalue weighted by Crippen LogP contribution is 2.31. The lowest BCUT2D eigenvalue weighted by Crippen LogP contribution is -2.06. The zero-order chi connectivity index (χ0) is 13.8. The van der Waals surface area contributed by atoms with Crippen LogP contribution in [-0.2, 0) is 4.74 Å². The van der Waals surface area contributed by atoms with Crippen LogP contribution in [0.15, 0.2) is 40.6 Å². The van der Waals surface area contributed by atoms with Crippen molar-refractivity contribution in [3.05, 3.63) is 42.1 Å². The highest BCUT2D eigenvalue weighted by molar-refractivity contribution is 7.99. The Kier molecular flexibility index (Phi) is 3.96. The zero-order valence-electron chi connectivity index (χ0n) is 9.96. The lowest BCUT2D eigenvalue weighted by Gasteiger charge is -2.08. The standard InChI is InChI=1S/C12H10FN3O2S/c1-18-12(17)7-4-10(8(13)5-9(7)14)19-11-2-3-15-6-16-11/h2-6H,14H2,1H3. The first-order valence-electron chi connectivity index (χ1n) is 5.23. The molecule has 0 fully saturated rings. The molecular weight excluding hydrogens is 269 g/mol. The molecule has 0 aliphatic rings. The number of benzene rings is 1. The van der Waals surface area contributed by atoms with Gasteiger partial charge in [0.15, 0.2) is 0 Å². The lowest BCUT2D eigenvalue weighted by atomic mass is 10.2. The van der Waals surface area contributed by atoms with Crippen LogP contribution in [0.1, 0.15) is 10.4 Å². The lowest BCUT2D eigenvalue weighted by molar-refractivity contribution is 0.0601. The Morgan fingerprint density at radius 1 is 1.47 bits per heavy atom. The second kappa shape index (κ2) is 5.66. The van der Waals surface area contributed by atoms with Gasteiger partial charge in [-0.3, -0.25) is 0 Å². The number of nitrogens with zero attached hydrogens (tertiary/aromatic N) is 2. The first kappa shape index (κ1) is 13.3. The van der Waals surface area contributed by atoms with Crippen molar-refractivity contribution in [1.82, 2.24) is 9.97 Å². The molecule has 0 spiro atoms. The van der Waals surface area contributed by atoms with Crippen molar-refractivity contribution in [1.29, 1.82) is 0 Å². The summed E-state index contributed by atoms with van der Waals surface area (Å²) in [6.07, 6.45) is 2.91. The van der Waals surface area contributed by atoms with Crippen LogP contribution in [0.4, 0.5) is 10.1 Å². The third-order valence-electron chi connectivity index (χ3n) is 2.28. The van der Waals surface area contributed by atoms with Gasteiger partial charge < -0.3 is 10.5 Å². The second-order valence-electron chi connectivity index (χ2n) is 3.51. The molecule has 0 bridgehead atoms. The normalized spacial score (nSPS) is 10.2. The molecular formula is C12H10FN3O2S. The Balaban J connectivity index is 2.38. The molecule has 2 N–H and O–H groups in total. The molecule has 0 atom stereocenters. The van der Waals surface area contributed by atoms with Crippen LogP contribution in [0, 0.1) is 5.82 Å². The summed E-state index contributed by atoms with van der Waals surface area (Å²) in [5.74, 6) is -1.13. The highest BCUT2D eigenvalue weighted by Gasteiger charge is 2.15. The molecule has 2 aromatic rings. The maximum Gasteiger partial charge on any atom is 0.339 e. The Labute approximate surface area is 113 Å². The SMILES string of the molecule is COC(=O)c1cc(Sc2ccncn2)c(F)cc1N. The predicted octanol–water partition coefficient (Wildman–Crippen LogP) is 2.14. The first-order valence-corrected chi connectivity index (χ1v) is 6.04. The molecule has 1 aromatic carbocycles. The first-order chi connectivity index (χ1) is 9.11. The van der Waals surface area contributed by atoms with E-state index in [9.17, 15) is 9.18 Å². The van der Waals surface area contributed by atoms with Gasteiger partial charge in [0.1, 0.15) is 17.2 Å². The van der Waals surface area contributed by atoms with Crippen molar-refractivity contribution < 1.29 is 13.9 Å². The number of carbonyl (C=O) groups excluding carboxylic acids is 1. The number of anilines is 1. The number of hydrogen-bond acceptors (Lipinski definition) is 6. The number of halogens is 1. The summed E-state index contributed by atoms with van der Waals surface area (Å²) in [5, 5.41) is 0.564. The minimum atomic E-state index is -0.609. The van der Waals surface area contributed by atoms with Gasteiger partial charge in [-0.1, -0.05) is 11.8 Å². The van der Waals surface area contributed by atoms with E-state index in [2.05, 4.69) is 14.7 Å². The molecule has 2 rings (SSSR count). The number of esters is 1. The van der Waals surface area contributed by atoms with E-state index < -0.39 is 11.8 Å². The van der Waals surface area contributed by atoms with E-state index in [4.69, 9.17) is 5.73 Å². The van der Waals surface area contributed by atoms with Crippen LogP contribution in [0.5, 0.6) is 0 Å². The van der Waals surface area contributed by atoms with Crippen LogP contribution in [-0.4, -0.2) is 23.0 Å². The van der Waals surface area contributed by atoms with Gasteiger partial charge in [0.05, 0.1) is 17.6 Å². The van der Waals surface area contributed by atoms with Gasteiger partial charge in [-0.15, -0.1) is 0 Å². The van der Waals surface area contributed by atoms with Crippen molar-refractivity contribution in [3.8, 4) is 0 Å². The second-order valence-corrected chi connectivity index (χ2v) is 4.57. The van der Waals surface area contributed by atoms with Crippen LogP contribution < -0.4 is 5.73 Å². The van der Waals surface area contributed by atoms with E-state index in [0.29, 0.717) is 5.03 Å². The maximum absolute atomic E-state index is 13.8. The van der Waals surface area contributed by atoms with E-state index in [-0.39, 0.29) is 16.1 Å². The van der Waals surface area contributed by atoms with E-state index in [1.165, 1.54) is 19.5 Å². The molecule has 5 nitrogen and oxygen atoms in total. The van der Waals surface area contributed by atoms with Crippen LogP contribution in [0.3, 0.4) is 0 Å². The average Bonchev–Trinajstić information content (AvgIpc) is 2.42. The molecule has 0 aliphatic heterocycles. The zero-order valence-corrected chi connectivity index (χ0v) is 10.8. The summed E-state index contributed by atoms with van der Waals surface area (Å²) in [4.78, 5) is 19.5. The monoisotopic (exact) mass is 279 g/mol. The van der Waals surface area contributed by atoms with Gasteiger partial charge >= 0.3 is 5.97 Å². The van der Waals surface area contributed by atoms with Gasteiger partial charge in [-0.25, -0.2) is 19.2 Å². The number of aromatic nitrogens is 2. The molecule has 1 aromatic heterocycles. The van der Waals surface area contributed by atoms with Crippen LogP contribution in [0.25, 0.3) is 0 Å². The predicted molar refractivity (Wildman–Crippen MR) is 68.3 cm³/mol. The quantitative estimate of drug-likeness (QED) is 0.527. The molecule has 1 heterocycles. The summed E-state index contributed by atoms with van der Waals surface area (Å²) < 4.78 is 18.4. The van der Waals surface area contributed by atoms with Crippen molar-refractivity contribution in [3.63, 3.8) is 0 Å². The summed E-state index contributed by atoms with van der Waals surface area (Å²) in [6.45, 7) is 0. The molecule has 19 heavy (non-hydrogen) atoms. The molecule has 0 aliphatic carbocycles. The van der Waals surface area contributed by atoms with Gasteiger partial charge in [0, 0.05) is 11.9 Å². The third-order valence-corrected chi connectivity index (χ3v) is 3.26. The number of hydrogen-bond donors (Lipinski definition) is 1. The molecule has 98 valence electrons. The number of methoxy groups -OCH3 is 1. The fourth-order valence-electron chi connectivity index (χ4n) is 1.39. The fourth-order valence-corrected chi connectivity index (χ4v) is 2.17. The van der Waals surface area contributed by atoms with Crippen LogP contribution in [0.2, 0.25) is 0 Å². The molecule has 0 radical (unpaired) electrons. The van der Waals surface area contributed by atoms with Crippen molar-refractivity contribution in [2.75, 3.05) is 12.8 Å².